The Bertz CT molecular complexity index is 615. The normalized spacial score (nSPS) is 15.2. The van der Waals surface area contributed by atoms with Crippen LogP contribution in [0.4, 0.5) is 4.79 Å². The van der Waals surface area contributed by atoms with Crippen molar-refractivity contribution in [3.63, 3.8) is 0 Å². The predicted octanol–water partition coefficient (Wildman–Crippen LogP) is 1.26. The number of alkyl halides is 1. The number of rotatable bonds is 8. The molecule has 0 radical (unpaired) electrons. The molecule has 0 aromatic heterocycles. The van der Waals surface area contributed by atoms with Crippen LogP contribution in [0.1, 0.15) is 48.5 Å². The van der Waals surface area contributed by atoms with Gasteiger partial charge in [0.25, 0.3) is 0 Å². The average Bonchev–Trinajstić information content (AvgIpc) is 2.55. The van der Waals surface area contributed by atoms with Crippen LogP contribution in [0.2, 0.25) is 0 Å². The molecular weight excluding hydrogens is 434 g/mol. The number of carbonyl (C=O) groups is 4. The van der Waals surface area contributed by atoms with Gasteiger partial charge in [-0.3, -0.25) is 9.59 Å². The number of nitrogens with one attached hydrogen (secondary N) is 2. The van der Waals surface area contributed by atoms with Crippen LogP contribution in [-0.2, 0) is 23.9 Å². The summed E-state index contributed by atoms with van der Waals surface area (Å²) < 4.78 is 9.75. The molecule has 0 aromatic rings. The first-order valence-corrected chi connectivity index (χ1v) is 9.74. The van der Waals surface area contributed by atoms with Crippen molar-refractivity contribution in [1.29, 1.82) is 0 Å². The molecule has 0 heterocycles. The molecule has 0 aliphatic rings. The molecule has 0 rings (SSSR count). The van der Waals surface area contributed by atoms with Crippen LogP contribution in [0.5, 0.6) is 0 Å². The third-order valence-electron chi connectivity index (χ3n) is 3.70. The van der Waals surface area contributed by atoms with E-state index in [1.165, 1.54) is 13.8 Å². The van der Waals surface area contributed by atoms with Crippen molar-refractivity contribution in [3.05, 3.63) is 0 Å². The lowest BCUT2D eigenvalue weighted by atomic mass is 9.82. The van der Waals surface area contributed by atoms with Crippen LogP contribution in [0.15, 0.2) is 0 Å². The van der Waals surface area contributed by atoms with Crippen molar-refractivity contribution in [2.24, 2.45) is 11.7 Å². The standard InChI is InChI=1S/C18H32BrN3O6/c1-10(2)11(19)12(23)22-17(6,7)13(24)18(20,14(25)27-8)9-21-15(26)28-16(3,4)5/h10-11H,9,20H2,1-8H3,(H,21,26)(H,22,23)/t11-,18+/m1/s1. The van der Waals surface area contributed by atoms with Gasteiger partial charge in [0, 0.05) is 0 Å². The minimum Gasteiger partial charge on any atom is -0.467 e. The Morgan fingerprint density at radius 1 is 1.07 bits per heavy atom. The summed E-state index contributed by atoms with van der Waals surface area (Å²) in [5.41, 5.74) is 1.55. The number of ether oxygens (including phenoxy) is 2. The Hall–Kier alpha value is -1.68. The van der Waals surface area contributed by atoms with Crippen molar-refractivity contribution < 1.29 is 28.7 Å². The Labute approximate surface area is 174 Å². The van der Waals surface area contributed by atoms with E-state index in [0.29, 0.717) is 0 Å². The molecule has 0 fully saturated rings. The van der Waals surface area contributed by atoms with Gasteiger partial charge in [-0.25, -0.2) is 9.59 Å². The zero-order chi connectivity index (χ0) is 22.5. The number of methoxy groups -OCH3 is 1. The second-order valence-corrected chi connectivity index (χ2v) is 9.39. The summed E-state index contributed by atoms with van der Waals surface area (Å²) in [5.74, 6) is -2.32. The molecule has 0 aliphatic carbocycles. The molecule has 0 aliphatic heterocycles. The van der Waals surface area contributed by atoms with E-state index >= 15 is 0 Å². The lowest BCUT2D eigenvalue weighted by Crippen LogP contribution is -2.70. The topological polar surface area (TPSA) is 137 Å². The molecule has 10 heteroatoms. The lowest BCUT2D eigenvalue weighted by molar-refractivity contribution is -0.153. The number of hydrogen-bond donors (Lipinski definition) is 3. The predicted molar refractivity (Wildman–Crippen MR) is 108 cm³/mol. The van der Waals surface area contributed by atoms with Crippen molar-refractivity contribution in [1.82, 2.24) is 10.6 Å². The molecule has 2 atom stereocenters. The second kappa shape index (κ2) is 9.69. The second-order valence-electron chi connectivity index (χ2n) is 8.41. The van der Waals surface area contributed by atoms with E-state index < -0.39 is 51.8 Å². The van der Waals surface area contributed by atoms with Crippen LogP contribution in [0.25, 0.3) is 0 Å². The third-order valence-corrected chi connectivity index (χ3v) is 5.18. The van der Waals surface area contributed by atoms with Gasteiger partial charge in [0.15, 0.2) is 11.3 Å². The van der Waals surface area contributed by atoms with Gasteiger partial charge in [-0.05, 0) is 40.5 Å². The SMILES string of the molecule is COC(=O)[C@](N)(CNC(=O)OC(C)(C)C)C(=O)C(C)(C)NC(=O)[C@H](Br)C(C)C. The van der Waals surface area contributed by atoms with Crippen LogP contribution >= 0.6 is 15.9 Å². The monoisotopic (exact) mass is 465 g/mol. The van der Waals surface area contributed by atoms with Gasteiger partial charge in [-0.15, -0.1) is 0 Å². The third kappa shape index (κ3) is 7.38. The van der Waals surface area contributed by atoms with Crippen LogP contribution < -0.4 is 16.4 Å². The Balaban J connectivity index is 5.51. The van der Waals surface area contributed by atoms with E-state index in [0.717, 1.165) is 7.11 Å². The lowest BCUT2D eigenvalue weighted by Gasteiger charge is -2.35. The zero-order valence-corrected chi connectivity index (χ0v) is 19.4. The number of hydrogen-bond acceptors (Lipinski definition) is 7. The van der Waals surface area contributed by atoms with Crippen molar-refractivity contribution in [3.8, 4) is 0 Å². The fraction of sp³-hybridized carbons (Fsp3) is 0.778. The Morgan fingerprint density at radius 2 is 1.57 bits per heavy atom. The van der Waals surface area contributed by atoms with Gasteiger partial charge in [0.05, 0.1) is 24.0 Å². The fourth-order valence-corrected chi connectivity index (χ4v) is 2.36. The van der Waals surface area contributed by atoms with E-state index in [2.05, 4.69) is 31.3 Å². The summed E-state index contributed by atoms with van der Waals surface area (Å²) in [6, 6.07) is 0. The minimum absolute atomic E-state index is 0.0250. The highest BCUT2D eigenvalue weighted by Gasteiger charge is 2.51. The van der Waals surface area contributed by atoms with Gasteiger partial charge < -0.3 is 25.8 Å². The van der Waals surface area contributed by atoms with Crippen molar-refractivity contribution in [2.75, 3.05) is 13.7 Å². The number of esters is 1. The van der Waals surface area contributed by atoms with E-state index in [9.17, 15) is 19.2 Å². The Morgan fingerprint density at radius 3 is 1.96 bits per heavy atom. The maximum Gasteiger partial charge on any atom is 0.407 e. The summed E-state index contributed by atoms with van der Waals surface area (Å²) in [4.78, 5) is 49.0. The first-order valence-electron chi connectivity index (χ1n) is 8.83. The van der Waals surface area contributed by atoms with Crippen LogP contribution in [0, 0.1) is 5.92 Å². The van der Waals surface area contributed by atoms with Crippen LogP contribution in [-0.4, -0.2) is 58.9 Å². The number of alkyl carbamates (subject to hydrolysis) is 1. The summed E-state index contributed by atoms with van der Waals surface area (Å²) in [6.07, 6.45) is -0.846. The van der Waals surface area contributed by atoms with Crippen LogP contribution in [0.3, 0.4) is 0 Å². The molecule has 0 spiro atoms. The molecule has 28 heavy (non-hydrogen) atoms. The number of amides is 2. The number of nitrogens with two attached hydrogens (primary N) is 1. The number of halogens is 1. The maximum absolute atomic E-state index is 13.1. The van der Waals surface area contributed by atoms with E-state index in [1.54, 1.807) is 20.8 Å². The summed E-state index contributed by atoms with van der Waals surface area (Å²) in [5, 5.41) is 4.89. The quantitative estimate of drug-likeness (QED) is 0.278. The van der Waals surface area contributed by atoms with Gasteiger partial charge in [0.1, 0.15) is 5.60 Å². The zero-order valence-electron chi connectivity index (χ0n) is 17.8. The number of ketones is 1. The highest BCUT2D eigenvalue weighted by Crippen LogP contribution is 2.19. The highest BCUT2D eigenvalue weighted by molar-refractivity contribution is 9.10. The molecule has 0 saturated carbocycles. The molecule has 0 aromatic carbocycles. The van der Waals surface area contributed by atoms with Gasteiger partial charge in [0.2, 0.25) is 5.91 Å². The highest BCUT2D eigenvalue weighted by atomic mass is 79.9. The molecular formula is C18H32BrN3O6. The number of carbonyl (C=O) groups excluding carboxylic acids is 4. The first-order chi connectivity index (χ1) is 12.5. The molecule has 0 bridgehead atoms. The molecule has 4 N–H and O–H groups in total. The maximum atomic E-state index is 13.1. The van der Waals surface area contributed by atoms with Gasteiger partial charge >= 0.3 is 12.1 Å². The van der Waals surface area contributed by atoms with Crippen molar-refractivity contribution >= 4 is 39.7 Å². The fourth-order valence-electron chi connectivity index (χ4n) is 2.25. The van der Waals surface area contributed by atoms with E-state index in [-0.39, 0.29) is 5.92 Å². The molecule has 162 valence electrons. The molecule has 0 unspecified atom stereocenters. The largest absolute Gasteiger partial charge is 0.467 e. The minimum atomic E-state index is -2.22. The van der Waals surface area contributed by atoms with E-state index in [4.69, 9.17) is 10.5 Å². The summed E-state index contributed by atoms with van der Waals surface area (Å²) >= 11 is 3.26. The van der Waals surface area contributed by atoms with Gasteiger partial charge in [-0.2, -0.15) is 0 Å². The average molecular weight is 466 g/mol. The van der Waals surface area contributed by atoms with E-state index in [1.807, 2.05) is 13.8 Å². The Kier molecular flexibility index (Phi) is 9.11. The van der Waals surface area contributed by atoms with Crippen molar-refractivity contribution in [2.45, 2.75) is 70.0 Å². The summed E-state index contributed by atoms with van der Waals surface area (Å²) in [7, 11) is 1.07. The molecule has 2 amide bonds. The first kappa shape index (κ1) is 26.3. The summed E-state index contributed by atoms with van der Waals surface area (Å²) in [6.45, 7) is 10.9. The smallest absolute Gasteiger partial charge is 0.407 e. The van der Waals surface area contributed by atoms with Gasteiger partial charge in [-0.1, -0.05) is 29.8 Å². The number of Topliss-reactive ketones (excluding diaryl/α,β-unsaturated/α-hetero) is 1. The molecule has 0 saturated heterocycles. The molecule has 9 nitrogen and oxygen atoms in total.